The molecule has 0 heterocycles. The van der Waals surface area contributed by atoms with Crippen molar-refractivity contribution in [2.24, 2.45) is 0 Å². The van der Waals surface area contributed by atoms with E-state index in [2.05, 4.69) is 25.7 Å². The van der Waals surface area contributed by atoms with Crippen molar-refractivity contribution in [2.45, 2.75) is 50.8 Å². The van der Waals surface area contributed by atoms with Crippen LogP contribution in [0, 0.1) is 11.3 Å². The van der Waals surface area contributed by atoms with Crippen LogP contribution in [0.5, 0.6) is 0 Å². The molecule has 0 saturated carbocycles. The second-order valence-electron chi connectivity index (χ2n) is 8.92. The molecule has 3 aromatic rings. The topological polar surface area (TPSA) is 42.2 Å². The summed E-state index contributed by atoms with van der Waals surface area (Å²) >= 11 is 6.69. The van der Waals surface area contributed by atoms with Gasteiger partial charge in [-0.1, -0.05) is 90.5 Å². The molecule has 3 aromatic carbocycles. The molecule has 0 aliphatic carbocycles. The molecule has 32 heavy (non-hydrogen) atoms. The summed E-state index contributed by atoms with van der Waals surface area (Å²) in [5, 5.41) is 11.3. The van der Waals surface area contributed by atoms with E-state index in [9.17, 15) is 5.26 Å². The summed E-state index contributed by atoms with van der Waals surface area (Å²) in [6.45, 7) is 8.81. The molecule has 0 radical (unpaired) electrons. The number of nitrogens with zero attached hydrogens (tertiary/aromatic N) is 1. The van der Waals surface area contributed by atoms with Gasteiger partial charge in [-0.3, -0.25) is 0 Å². The van der Waals surface area contributed by atoms with Crippen LogP contribution in [0.15, 0.2) is 84.9 Å². The number of hydrogen-bond acceptors (Lipinski definition) is 3. The molecule has 0 bridgehead atoms. The summed E-state index contributed by atoms with van der Waals surface area (Å²) in [7, 11) is -2.07. The number of hydrogen-bond donors (Lipinski definition) is 0. The number of rotatable bonds is 9. The number of benzene rings is 3. The summed E-state index contributed by atoms with van der Waals surface area (Å²) in [4.78, 5) is 0. The Labute approximate surface area is 197 Å². The molecule has 0 amide bonds. The van der Waals surface area contributed by atoms with E-state index < -0.39 is 19.8 Å². The molecule has 0 fully saturated rings. The van der Waals surface area contributed by atoms with Gasteiger partial charge in [0.25, 0.3) is 0 Å². The van der Waals surface area contributed by atoms with E-state index in [1.807, 2.05) is 91.9 Å². The highest BCUT2D eigenvalue weighted by Crippen LogP contribution is 2.43. The van der Waals surface area contributed by atoms with E-state index in [0.29, 0.717) is 11.6 Å². The molecular weight excluding hydrogens is 434 g/mol. The molecule has 5 heteroatoms. The average molecular weight is 464 g/mol. The van der Waals surface area contributed by atoms with Gasteiger partial charge in [0.1, 0.15) is 5.41 Å². The van der Waals surface area contributed by atoms with Crippen molar-refractivity contribution >= 4 is 19.9 Å². The smallest absolute Gasteiger partial charge is 0.184 e. The van der Waals surface area contributed by atoms with E-state index in [4.69, 9.17) is 20.8 Å². The zero-order valence-electron chi connectivity index (χ0n) is 19.1. The first kappa shape index (κ1) is 24.2. The average Bonchev–Trinajstić information content (AvgIpc) is 2.79. The highest BCUT2D eigenvalue weighted by Gasteiger charge is 2.49. The fourth-order valence-corrected chi connectivity index (χ4v) is 5.36. The molecule has 3 nitrogen and oxygen atoms in total. The zero-order chi connectivity index (χ0) is 23.2. The lowest BCUT2D eigenvalue weighted by molar-refractivity contribution is -0.0436. The van der Waals surface area contributed by atoms with E-state index in [1.165, 1.54) is 0 Å². The van der Waals surface area contributed by atoms with Gasteiger partial charge in [0.15, 0.2) is 8.32 Å². The predicted molar refractivity (Wildman–Crippen MR) is 133 cm³/mol. The second-order valence-corrected chi connectivity index (χ2v) is 13.8. The van der Waals surface area contributed by atoms with Crippen molar-refractivity contribution in [3.63, 3.8) is 0 Å². The Morgan fingerprint density at radius 1 is 0.906 bits per heavy atom. The van der Waals surface area contributed by atoms with E-state index >= 15 is 0 Å². The molecule has 0 aliphatic heterocycles. The first-order chi connectivity index (χ1) is 15.3. The van der Waals surface area contributed by atoms with Crippen molar-refractivity contribution in [2.75, 3.05) is 0 Å². The second kappa shape index (κ2) is 10.5. The van der Waals surface area contributed by atoms with Gasteiger partial charge in [-0.05, 0) is 49.3 Å². The maximum absolute atomic E-state index is 10.8. The van der Waals surface area contributed by atoms with Crippen LogP contribution in [0.4, 0.5) is 0 Å². The molecule has 0 spiro atoms. The standard InChI is InChI=1S/C27H30ClNO2Si/c1-21(30-19-22-13-7-5-8-14-22)26(31-32(2,3)4)27(20-29,23-15-9-6-10-16-23)24-17-11-12-18-25(24)28/h5-18,21,26H,19H2,1-4H3/t21-,26+,27-/m0/s1. The van der Waals surface area contributed by atoms with Crippen molar-refractivity contribution in [1.29, 1.82) is 5.26 Å². The molecule has 3 atom stereocenters. The molecule has 166 valence electrons. The summed E-state index contributed by atoms with van der Waals surface area (Å²) in [6.07, 6.45) is -0.914. The molecule has 0 N–H and O–H groups in total. The van der Waals surface area contributed by atoms with Crippen LogP contribution in [0.2, 0.25) is 24.7 Å². The third-order valence-electron chi connectivity index (χ3n) is 5.39. The molecule has 0 aliphatic rings. The molecule has 0 saturated heterocycles. The van der Waals surface area contributed by atoms with Crippen molar-refractivity contribution in [3.05, 3.63) is 107 Å². The Bertz CT molecular complexity index is 1050. The minimum absolute atomic E-state index is 0.363. The fraction of sp³-hybridized carbons (Fsp3) is 0.296. The summed E-state index contributed by atoms with van der Waals surface area (Å²) in [6, 6.07) is 30.0. The van der Waals surface area contributed by atoms with Crippen molar-refractivity contribution < 1.29 is 9.16 Å². The quantitative estimate of drug-likeness (QED) is 0.321. The van der Waals surface area contributed by atoms with Crippen molar-refractivity contribution in [1.82, 2.24) is 0 Å². The fourth-order valence-electron chi connectivity index (χ4n) is 3.95. The van der Waals surface area contributed by atoms with Crippen LogP contribution >= 0.6 is 11.6 Å². The van der Waals surface area contributed by atoms with Gasteiger partial charge in [-0.2, -0.15) is 5.26 Å². The van der Waals surface area contributed by atoms with Gasteiger partial charge in [0.2, 0.25) is 0 Å². The molecule has 0 aromatic heterocycles. The summed E-state index contributed by atoms with van der Waals surface area (Å²) < 4.78 is 13.1. The van der Waals surface area contributed by atoms with E-state index in [1.54, 1.807) is 0 Å². The highest BCUT2D eigenvalue weighted by molar-refractivity contribution is 6.69. The lowest BCUT2D eigenvalue weighted by atomic mass is 9.70. The third-order valence-corrected chi connectivity index (χ3v) is 6.68. The van der Waals surface area contributed by atoms with Gasteiger partial charge in [-0.25, -0.2) is 0 Å². The Morgan fingerprint density at radius 2 is 1.47 bits per heavy atom. The number of halogens is 1. The van der Waals surface area contributed by atoms with Gasteiger partial charge < -0.3 is 9.16 Å². The Kier molecular flexibility index (Phi) is 7.92. The van der Waals surface area contributed by atoms with E-state index in [-0.39, 0.29) is 6.10 Å². The maximum atomic E-state index is 10.8. The maximum Gasteiger partial charge on any atom is 0.184 e. The molecule has 3 rings (SSSR count). The predicted octanol–water partition coefficient (Wildman–Crippen LogP) is 6.98. The summed E-state index contributed by atoms with van der Waals surface area (Å²) in [5.74, 6) is 0. The van der Waals surface area contributed by atoms with Crippen LogP contribution in [-0.4, -0.2) is 20.5 Å². The molecule has 0 unspecified atom stereocenters. The third kappa shape index (κ3) is 5.49. The lowest BCUT2D eigenvalue weighted by Crippen LogP contribution is -2.52. The van der Waals surface area contributed by atoms with Gasteiger partial charge in [0, 0.05) is 5.02 Å². The van der Waals surface area contributed by atoms with Crippen LogP contribution in [0.25, 0.3) is 0 Å². The Balaban J connectivity index is 2.13. The van der Waals surface area contributed by atoms with Crippen LogP contribution in [0.1, 0.15) is 23.6 Å². The minimum atomic E-state index is -2.07. The van der Waals surface area contributed by atoms with Crippen molar-refractivity contribution in [3.8, 4) is 6.07 Å². The van der Waals surface area contributed by atoms with Gasteiger partial charge in [0.05, 0.1) is 24.9 Å². The first-order valence-corrected chi connectivity index (χ1v) is 14.6. The highest BCUT2D eigenvalue weighted by atomic mass is 35.5. The van der Waals surface area contributed by atoms with E-state index in [0.717, 1.165) is 16.7 Å². The SMILES string of the molecule is C[C@H](OCc1ccccc1)[C@@H](O[Si](C)(C)C)[C@@](C#N)(c1ccccc1)c1ccccc1Cl. The minimum Gasteiger partial charge on any atom is -0.410 e. The van der Waals surface area contributed by atoms with Crippen LogP contribution < -0.4 is 0 Å². The number of ether oxygens (including phenoxy) is 1. The van der Waals surface area contributed by atoms with Gasteiger partial charge in [-0.15, -0.1) is 0 Å². The largest absolute Gasteiger partial charge is 0.410 e. The summed E-state index contributed by atoms with van der Waals surface area (Å²) in [5.41, 5.74) is 1.52. The first-order valence-electron chi connectivity index (χ1n) is 10.8. The number of nitriles is 1. The Morgan fingerprint density at radius 3 is 2.03 bits per heavy atom. The normalized spacial score (nSPS) is 15.4. The monoisotopic (exact) mass is 463 g/mol. The Hall–Kier alpha value is -2.42. The zero-order valence-corrected chi connectivity index (χ0v) is 20.8. The van der Waals surface area contributed by atoms with Crippen LogP contribution in [-0.2, 0) is 21.2 Å². The van der Waals surface area contributed by atoms with Gasteiger partial charge >= 0.3 is 0 Å². The van der Waals surface area contributed by atoms with Crippen LogP contribution in [0.3, 0.4) is 0 Å². The molecular formula is C27H30ClNO2Si. The lowest BCUT2D eigenvalue weighted by Gasteiger charge is -2.42.